The van der Waals surface area contributed by atoms with E-state index in [1.54, 1.807) is 0 Å². The third kappa shape index (κ3) is 3.41. The summed E-state index contributed by atoms with van der Waals surface area (Å²) in [4.78, 5) is 2.05. The summed E-state index contributed by atoms with van der Waals surface area (Å²) in [6, 6.07) is 4.70. The lowest BCUT2D eigenvalue weighted by atomic mass is 9.89. The molecular formula is C16H18F4N2. The molecule has 1 aromatic rings. The first-order chi connectivity index (χ1) is 10.0. The highest BCUT2D eigenvalue weighted by molar-refractivity contribution is 5.32. The van der Waals surface area contributed by atoms with Gasteiger partial charge in [0.1, 0.15) is 5.82 Å². The number of alkyl halides is 3. The fourth-order valence-electron chi connectivity index (χ4n) is 2.81. The Morgan fingerprint density at radius 3 is 2.27 bits per heavy atom. The molecule has 22 heavy (non-hydrogen) atoms. The highest BCUT2D eigenvalue weighted by Gasteiger charge is 2.40. The Labute approximate surface area is 127 Å². The maximum Gasteiger partial charge on any atom is 0.416 e. The van der Waals surface area contributed by atoms with Crippen molar-refractivity contribution in [3.8, 4) is 6.07 Å². The molecule has 0 spiro atoms. The van der Waals surface area contributed by atoms with Gasteiger partial charge in [-0.3, -0.25) is 4.90 Å². The van der Waals surface area contributed by atoms with Crippen molar-refractivity contribution < 1.29 is 17.6 Å². The van der Waals surface area contributed by atoms with Crippen LogP contribution in [0.5, 0.6) is 0 Å². The van der Waals surface area contributed by atoms with Crippen molar-refractivity contribution in [1.29, 1.82) is 5.26 Å². The van der Waals surface area contributed by atoms with Crippen molar-refractivity contribution >= 4 is 0 Å². The minimum atomic E-state index is -4.60. The first-order valence-electron chi connectivity index (χ1n) is 7.04. The highest BCUT2D eigenvalue weighted by Crippen LogP contribution is 2.38. The Balaban J connectivity index is 2.39. The molecule has 1 fully saturated rings. The second kappa shape index (κ2) is 5.54. The van der Waals surface area contributed by atoms with Gasteiger partial charge in [-0.2, -0.15) is 18.4 Å². The van der Waals surface area contributed by atoms with Crippen molar-refractivity contribution in [2.24, 2.45) is 5.92 Å². The smallest absolute Gasteiger partial charge is 0.297 e. The lowest BCUT2D eigenvalue weighted by Crippen LogP contribution is -2.39. The molecule has 0 radical (unpaired) electrons. The van der Waals surface area contributed by atoms with E-state index >= 15 is 0 Å². The minimum Gasteiger partial charge on any atom is -0.297 e. The summed E-state index contributed by atoms with van der Waals surface area (Å²) in [7, 11) is 0. The molecule has 0 aliphatic carbocycles. The second-order valence-electron chi connectivity index (χ2n) is 6.69. The maximum absolute atomic E-state index is 13.6. The molecule has 1 saturated heterocycles. The molecular weight excluding hydrogens is 296 g/mol. The molecule has 0 bridgehead atoms. The zero-order chi connectivity index (χ0) is 16.7. The van der Waals surface area contributed by atoms with Crippen LogP contribution in [0.3, 0.4) is 0 Å². The molecule has 2 atom stereocenters. The molecule has 1 aliphatic rings. The van der Waals surface area contributed by atoms with Gasteiger partial charge in [-0.15, -0.1) is 0 Å². The highest BCUT2D eigenvalue weighted by atomic mass is 19.4. The van der Waals surface area contributed by atoms with Crippen molar-refractivity contribution in [2.45, 2.75) is 38.4 Å². The van der Waals surface area contributed by atoms with Gasteiger partial charge < -0.3 is 0 Å². The van der Waals surface area contributed by atoms with E-state index in [1.807, 2.05) is 25.7 Å². The van der Waals surface area contributed by atoms with Crippen LogP contribution in [-0.2, 0) is 6.18 Å². The van der Waals surface area contributed by atoms with Crippen molar-refractivity contribution in [3.63, 3.8) is 0 Å². The van der Waals surface area contributed by atoms with Crippen LogP contribution in [0.1, 0.15) is 37.8 Å². The van der Waals surface area contributed by atoms with Crippen molar-refractivity contribution in [3.05, 3.63) is 35.1 Å². The largest absolute Gasteiger partial charge is 0.416 e. The number of benzene rings is 1. The Hall–Kier alpha value is -1.61. The van der Waals surface area contributed by atoms with E-state index in [4.69, 9.17) is 0 Å². The number of halogens is 4. The van der Waals surface area contributed by atoms with Crippen LogP contribution in [0.25, 0.3) is 0 Å². The van der Waals surface area contributed by atoms with Crippen LogP contribution < -0.4 is 0 Å². The molecule has 2 rings (SSSR count). The standard InChI is InChI=1S/C16H18F4N2/c1-15(2,3)22-8-11(7-21)14(9-22)10-4-12(16(18,19)20)6-13(17)5-10/h4-6,11,14H,8-9H2,1-3H3/t11-,14+/m1/s1. The number of nitriles is 1. The van der Waals surface area contributed by atoms with Crippen molar-refractivity contribution in [1.82, 2.24) is 4.90 Å². The number of hydrogen-bond acceptors (Lipinski definition) is 2. The SMILES string of the molecule is CC(C)(C)N1C[C@@H](C#N)[C@H](c2cc(F)cc(C(F)(F)F)c2)C1. The summed E-state index contributed by atoms with van der Waals surface area (Å²) in [5, 5.41) is 9.29. The zero-order valence-corrected chi connectivity index (χ0v) is 12.7. The summed E-state index contributed by atoms with van der Waals surface area (Å²) in [5.41, 5.74) is -0.955. The van der Waals surface area contributed by atoms with Crippen LogP contribution in [0.15, 0.2) is 18.2 Å². The van der Waals surface area contributed by atoms with Gasteiger partial charge in [-0.1, -0.05) is 0 Å². The molecule has 1 aliphatic heterocycles. The third-order valence-electron chi connectivity index (χ3n) is 4.11. The molecule has 0 N–H and O–H groups in total. The van der Waals surface area contributed by atoms with E-state index < -0.39 is 29.4 Å². The summed E-state index contributed by atoms with van der Waals surface area (Å²) in [6.45, 7) is 6.87. The lowest BCUT2D eigenvalue weighted by molar-refractivity contribution is -0.137. The summed E-state index contributed by atoms with van der Waals surface area (Å²) in [6.07, 6.45) is -4.60. The lowest BCUT2D eigenvalue weighted by Gasteiger charge is -2.31. The molecule has 0 saturated carbocycles. The average Bonchev–Trinajstić information content (AvgIpc) is 2.80. The van der Waals surface area contributed by atoms with E-state index in [0.717, 1.165) is 12.1 Å². The van der Waals surface area contributed by atoms with Gasteiger partial charge in [0.05, 0.1) is 17.6 Å². The molecule has 6 heteroatoms. The molecule has 120 valence electrons. The van der Waals surface area contributed by atoms with Crippen LogP contribution in [0, 0.1) is 23.1 Å². The van der Waals surface area contributed by atoms with E-state index in [9.17, 15) is 22.8 Å². The molecule has 0 amide bonds. The maximum atomic E-state index is 13.6. The van der Waals surface area contributed by atoms with Crippen LogP contribution in [-0.4, -0.2) is 23.5 Å². The van der Waals surface area contributed by atoms with Gasteiger partial charge >= 0.3 is 6.18 Å². The average molecular weight is 314 g/mol. The van der Waals surface area contributed by atoms with Crippen LogP contribution in [0.2, 0.25) is 0 Å². The molecule has 0 aromatic heterocycles. The normalized spacial score (nSPS) is 23.5. The predicted molar refractivity (Wildman–Crippen MR) is 74.6 cm³/mol. The van der Waals surface area contributed by atoms with E-state index in [0.29, 0.717) is 19.2 Å². The Morgan fingerprint density at radius 2 is 1.77 bits per heavy atom. The quantitative estimate of drug-likeness (QED) is 0.727. The van der Waals surface area contributed by atoms with Gasteiger partial charge in [0.25, 0.3) is 0 Å². The van der Waals surface area contributed by atoms with E-state index in [-0.39, 0.29) is 11.1 Å². The molecule has 0 unspecified atom stereocenters. The molecule has 1 aromatic carbocycles. The van der Waals surface area contributed by atoms with Crippen molar-refractivity contribution in [2.75, 3.05) is 13.1 Å². The second-order valence-corrected chi connectivity index (χ2v) is 6.69. The Kier molecular flexibility index (Phi) is 4.22. The first kappa shape index (κ1) is 16.8. The van der Waals surface area contributed by atoms with Gasteiger partial charge in [0.2, 0.25) is 0 Å². The van der Waals surface area contributed by atoms with E-state index in [2.05, 4.69) is 6.07 Å². The number of hydrogen-bond donors (Lipinski definition) is 0. The fourth-order valence-corrected chi connectivity index (χ4v) is 2.81. The number of nitrogens with zero attached hydrogens (tertiary/aromatic N) is 2. The molecule has 2 nitrogen and oxygen atoms in total. The summed E-state index contributed by atoms with van der Waals surface area (Å²) >= 11 is 0. The predicted octanol–water partition coefficient (Wildman–Crippen LogP) is 4.18. The molecule has 1 heterocycles. The number of likely N-dealkylation sites (tertiary alicyclic amines) is 1. The van der Waals surface area contributed by atoms with Crippen LogP contribution in [0.4, 0.5) is 17.6 Å². The Morgan fingerprint density at radius 1 is 1.14 bits per heavy atom. The topological polar surface area (TPSA) is 27.0 Å². The zero-order valence-electron chi connectivity index (χ0n) is 12.7. The first-order valence-corrected chi connectivity index (χ1v) is 7.04. The van der Waals surface area contributed by atoms with E-state index in [1.165, 1.54) is 0 Å². The van der Waals surface area contributed by atoms with Gasteiger partial charge in [0.15, 0.2) is 0 Å². The monoisotopic (exact) mass is 314 g/mol. The van der Waals surface area contributed by atoms with Gasteiger partial charge in [-0.05, 0) is 44.5 Å². The van der Waals surface area contributed by atoms with Crippen LogP contribution >= 0.6 is 0 Å². The third-order valence-corrected chi connectivity index (χ3v) is 4.11. The summed E-state index contributed by atoms with van der Waals surface area (Å²) < 4.78 is 52.1. The minimum absolute atomic E-state index is 0.190. The fraction of sp³-hybridized carbons (Fsp3) is 0.562. The number of rotatable bonds is 1. The summed E-state index contributed by atoms with van der Waals surface area (Å²) in [5.74, 6) is -1.78. The van der Waals surface area contributed by atoms with Gasteiger partial charge in [0, 0.05) is 24.5 Å². The Bertz CT molecular complexity index is 596. The van der Waals surface area contributed by atoms with Gasteiger partial charge in [-0.25, -0.2) is 4.39 Å².